The van der Waals surface area contributed by atoms with Crippen LogP contribution >= 0.6 is 0 Å². The summed E-state index contributed by atoms with van der Waals surface area (Å²) in [6.45, 7) is 0.475. The average Bonchev–Trinajstić information content (AvgIpc) is 3.45. The number of rotatable bonds is 6. The zero-order valence-electron chi connectivity index (χ0n) is 21.2. The molecule has 3 heterocycles. The molecule has 2 atom stereocenters. The monoisotopic (exact) mass is 539 g/mol. The molecule has 2 aromatic carbocycles. The number of ether oxygens (including phenoxy) is 1. The van der Waals surface area contributed by atoms with Crippen molar-refractivity contribution in [1.29, 1.82) is 0 Å². The molecular formula is C27H24F3N5O4. The topological polar surface area (TPSA) is 98.5 Å². The maximum Gasteiger partial charge on any atom is 0.321 e. The summed E-state index contributed by atoms with van der Waals surface area (Å²) < 4.78 is 49.8. The van der Waals surface area contributed by atoms with Gasteiger partial charge in [-0.1, -0.05) is 6.07 Å². The summed E-state index contributed by atoms with van der Waals surface area (Å²) in [7, 11) is 2.91. The third-order valence-electron chi connectivity index (χ3n) is 6.70. The van der Waals surface area contributed by atoms with Crippen LogP contribution in [0.3, 0.4) is 0 Å². The highest BCUT2D eigenvalue weighted by atomic mass is 19.3. The van der Waals surface area contributed by atoms with Crippen LogP contribution in [0.1, 0.15) is 24.9 Å². The van der Waals surface area contributed by atoms with Crippen LogP contribution in [0, 0.1) is 5.82 Å². The smallest absolute Gasteiger partial charge is 0.321 e. The van der Waals surface area contributed by atoms with E-state index in [1.165, 1.54) is 34.8 Å². The number of halogens is 3. The van der Waals surface area contributed by atoms with Gasteiger partial charge in [0.1, 0.15) is 0 Å². The minimum atomic E-state index is -3.66. The Morgan fingerprint density at radius 2 is 1.85 bits per heavy atom. The maximum absolute atomic E-state index is 14.2. The lowest BCUT2D eigenvalue weighted by atomic mass is 9.98. The second-order valence-electron chi connectivity index (χ2n) is 9.41. The number of hydrogen-bond donors (Lipinski definition) is 1. The molecule has 0 spiro atoms. The fraction of sp³-hybridized carbons (Fsp3) is 0.259. The maximum atomic E-state index is 14.2. The fourth-order valence-corrected chi connectivity index (χ4v) is 4.79. The normalized spacial score (nSPS) is 17.6. The SMILES string of the molecule is COc1cc([C@H]2[C@H](NC(=O)C(C)(F)F)CC(=O)N2c2ccc3c(cnn3-c3ccc(=O)n(C)c3)c2)ccc1F. The number of hydrogen-bond acceptors (Lipinski definition) is 5. The summed E-state index contributed by atoms with van der Waals surface area (Å²) in [5, 5.41) is 7.37. The number of aromatic nitrogens is 3. The van der Waals surface area contributed by atoms with Gasteiger partial charge in [0.15, 0.2) is 11.6 Å². The number of nitrogens with one attached hydrogen (secondary N) is 1. The van der Waals surface area contributed by atoms with Crippen LogP contribution in [-0.2, 0) is 16.6 Å². The zero-order chi connectivity index (χ0) is 28.1. The van der Waals surface area contributed by atoms with Gasteiger partial charge in [-0.15, -0.1) is 0 Å². The predicted octanol–water partition coefficient (Wildman–Crippen LogP) is 3.49. The molecule has 202 valence electrons. The van der Waals surface area contributed by atoms with Gasteiger partial charge in [-0.05, 0) is 42.0 Å². The molecule has 12 heteroatoms. The molecule has 0 unspecified atom stereocenters. The number of alkyl halides is 2. The van der Waals surface area contributed by atoms with Crippen molar-refractivity contribution in [3.05, 3.63) is 82.7 Å². The number of pyridine rings is 1. The number of amides is 2. The Bertz CT molecular complexity index is 1660. The highest BCUT2D eigenvalue weighted by molar-refractivity contribution is 6.00. The molecule has 0 radical (unpaired) electrons. The first-order chi connectivity index (χ1) is 18.5. The van der Waals surface area contributed by atoms with E-state index in [-0.39, 0.29) is 17.7 Å². The van der Waals surface area contributed by atoms with E-state index in [4.69, 9.17) is 4.74 Å². The van der Waals surface area contributed by atoms with Crippen LogP contribution in [-0.4, -0.2) is 45.2 Å². The van der Waals surface area contributed by atoms with Gasteiger partial charge in [-0.25, -0.2) is 9.07 Å². The van der Waals surface area contributed by atoms with Gasteiger partial charge in [0.2, 0.25) is 11.5 Å². The first-order valence-corrected chi connectivity index (χ1v) is 12.0. The molecule has 1 aliphatic rings. The van der Waals surface area contributed by atoms with Crippen molar-refractivity contribution in [1.82, 2.24) is 19.7 Å². The highest BCUT2D eigenvalue weighted by Gasteiger charge is 2.45. The fourth-order valence-electron chi connectivity index (χ4n) is 4.79. The van der Waals surface area contributed by atoms with Gasteiger partial charge in [-0.3, -0.25) is 14.4 Å². The molecule has 5 rings (SSSR count). The number of nitrogens with zero attached hydrogens (tertiary/aromatic N) is 4. The third kappa shape index (κ3) is 4.73. The zero-order valence-corrected chi connectivity index (χ0v) is 21.2. The second kappa shape index (κ2) is 9.61. The first-order valence-electron chi connectivity index (χ1n) is 12.0. The number of aryl methyl sites for hydroxylation is 1. The molecule has 1 fully saturated rings. The van der Waals surface area contributed by atoms with Gasteiger partial charge in [-0.2, -0.15) is 13.9 Å². The predicted molar refractivity (Wildman–Crippen MR) is 137 cm³/mol. The summed E-state index contributed by atoms with van der Waals surface area (Å²) in [6, 6.07) is 10.2. The van der Waals surface area contributed by atoms with Gasteiger partial charge in [0.05, 0.1) is 36.6 Å². The number of methoxy groups -OCH3 is 1. The molecule has 1 saturated heterocycles. The van der Waals surface area contributed by atoms with Gasteiger partial charge in [0.25, 0.3) is 5.91 Å². The van der Waals surface area contributed by atoms with Crippen molar-refractivity contribution in [3.8, 4) is 11.4 Å². The Morgan fingerprint density at radius 3 is 2.54 bits per heavy atom. The van der Waals surface area contributed by atoms with Gasteiger partial charge >= 0.3 is 5.92 Å². The van der Waals surface area contributed by atoms with Crippen LogP contribution < -0.4 is 20.5 Å². The summed E-state index contributed by atoms with van der Waals surface area (Å²) in [6.07, 6.45) is 2.99. The number of carbonyl (C=O) groups is 2. The van der Waals surface area contributed by atoms with Crippen molar-refractivity contribution >= 4 is 28.4 Å². The Hall–Kier alpha value is -4.61. The molecule has 0 bridgehead atoms. The average molecular weight is 540 g/mol. The summed E-state index contributed by atoms with van der Waals surface area (Å²) in [4.78, 5) is 38.6. The van der Waals surface area contributed by atoms with Crippen LogP contribution in [0.4, 0.5) is 18.9 Å². The van der Waals surface area contributed by atoms with E-state index >= 15 is 0 Å². The van der Waals surface area contributed by atoms with E-state index < -0.39 is 35.6 Å². The lowest BCUT2D eigenvalue weighted by molar-refractivity contribution is -0.143. The molecule has 1 N–H and O–H groups in total. The second-order valence-corrected chi connectivity index (χ2v) is 9.41. The number of fused-ring (bicyclic) bond motifs is 1. The van der Waals surface area contributed by atoms with E-state index in [2.05, 4.69) is 10.4 Å². The lowest BCUT2D eigenvalue weighted by Crippen LogP contribution is -2.46. The quantitative estimate of drug-likeness (QED) is 0.405. The summed E-state index contributed by atoms with van der Waals surface area (Å²) in [5.41, 5.74) is 2.00. The van der Waals surface area contributed by atoms with Crippen molar-refractivity contribution in [2.45, 2.75) is 31.4 Å². The molecule has 4 aromatic rings. The first kappa shape index (κ1) is 26.0. The summed E-state index contributed by atoms with van der Waals surface area (Å²) >= 11 is 0. The minimum absolute atomic E-state index is 0.0910. The van der Waals surface area contributed by atoms with Crippen molar-refractivity contribution in [2.75, 3.05) is 12.0 Å². The number of benzene rings is 2. The molecule has 0 aliphatic carbocycles. The molecule has 0 saturated carbocycles. The van der Waals surface area contributed by atoms with E-state index in [0.717, 1.165) is 6.07 Å². The van der Waals surface area contributed by atoms with Crippen LogP contribution in [0.5, 0.6) is 5.75 Å². The van der Waals surface area contributed by atoms with E-state index in [1.54, 1.807) is 48.4 Å². The molecule has 2 aromatic heterocycles. The van der Waals surface area contributed by atoms with Crippen molar-refractivity contribution in [2.24, 2.45) is 7.05 Å². The molecular weight excluding hydrogens is 515 g/mol. The lowest BCUT2D eigenvalue weighted by Gasteiger charge is -2.30. The van der Waals surface area contributed by atoms with Crippen LogP contribution in [0.25, 0.3) is 16.6 Å². The van der Waals surface area contributed by atoms with Gasteiger partial charge in [0, 0.05) is 43.7 Å². The Kier molecular flexibility index (Phi) is 6.41. The van der Waals surface area contributed by atoms with E-state index in [0.29, 0.717) is 34.8 Å². The number of carbonyl (C=O) groups excluding carboxylic acids is 2. The largest absolute Gasteiger partial charge is 0.494 e. The van der Waals surface area contributed by atoms with E-state index in [1.807, 2.05) is 0 Å². The van der Waals surface area contributed by atoms with Crippen molar-refractivity contribution < 1.29 is 27.5 Å². The molecule has 39 heavy (non-hydrogen) atoms. The molecule has 2 amide bonds. The third-order valence-corrected chi connectivity index (χ3v) is 6.70. The molecule has 9 nitrogen and oxygen atoms in total. The number of anilines is 1. The van der Waals surface area contributed by atoms with Gasteiger partial charge < -0.3 is 19.5 Å². The summed E-state index contributed by atoms with van der Waals surface area (Å²) in [5.74, 6) is -6.32. The highest BCUT2D eigenvalue weighted by Crippen LogP contribution is 2.40. The Balaban J connectivity index is 1.58. The Labute approximate surface area is 220 Å². The van der Waals surface area contributed by atoms with Crippen molar-refractivity contribution in [3.63, 3.8) is 0 Å². The van der Waals surface area contributed by atoms with E-state index in [9.17, 15) is 27.6 Å². The molecule has 1 aliphatic heterocycles. The standard InChI is InChI=1S/C27H24F3N5O4/c1-27(29,30)26(38)32-20-12-24(37)34(25(20)15-4-7-19(28)22(11-15)39-3)17-5-8-21-16(10-17)13-31-35(21)18-6-9-23(36)33(2)14-18/h4-11,13-14,20,25H,12H2,1-3H3,(H,32,38)/t20-,25+/m1/s1. The van der Waals surface area contributed by atoms with Crippen LogP contribution in [0.15, 0.2) is 65.7 Å². The Morgan fingerprint density at radius 1 is 1.10 bits per heavy atom. The minimum Gasteiger partial charge on any atom is -0.494 e. The van der Waals surface area contributed by atoms with Crippen LogP contribution in [0.2, 0.25) is 0 Å².